The number of fused-ring (bicyclic) bond motifs is 1. The number of amides is 1. The summed E-state index contributed by atoms with van der Waals surface area (Å²) in [6, 6.07) is 7.68. The Labute approximate surface area is 154 Å². The number of carbonyl (C=O) groups excluding carboxylic acids is 1. The van der Waals surface area contributed by atoms with Gasteiger partial charge in [0.2, 0.25) is 0 Å². The average Bonchev–Trinajstić information content (AvgIpc) is 3.11. The van der Waals surface area contributed by atoms with Gasteiger partial charge >= 0.3 is 0 Å². The molecule has 25 heavy (non-hydrogen) atoms. The first-order valence-corrected chi connectivity index (χ1v) is 9.52. The molecule has 0 atom stereocenters. The van der Waals surface area contributed by atoms with Gasteiger partial charge in [0.1, 0.15) is 11.5 Å². The zero-order chi connectivity index (χ0) is 17.2. The van der Waals surface area contributed by atoms with E-state index in [0.29, 0.717) is 16.4 Å². The first-order chi connectivity index (χ1) is 12.2. The first-order valence-electron chi connectivity index (χ1n) is 8.20. The van der Waals surface area contributed by atoms with Crippen LogP contribution in [0.2, 0.25) is 5.02 Å². The summed E-state index contributed by atoms with van der Waals surface area (Å²) in [4.78, 5) is 14.9. The lowest BCUT2D eigenvalue weighted by Crippen LogP contribution is -2.29. The summed E-state index contributed by atoms with van der Waals surface area (Å²) in [6.45, 7) is 3.83. The smallest absolute Gasteiger partial charge is 0.274 e. The summed E-state index contributed by atoms with van der Waals surface area (Å²) >= 11 is 7.52. The molecule has 1 aliphatic rings. The van der Waals surface area contributed by atoms with Crippen molar-refractivity contribution in [2.24, 2.45) is 0 Å². The number of nitrogens with zero attached hydrogens (tertiary/aromatic N) is 3. The van der Waals surface area contributed by atoms with Crippen molar-refractivity contribution >= 4 is 45.9 Å². The number of carbonyl (C=O) groups is 1. The number of nitrogens with one attached hydrogen (secondary N) is 2. The number of thiophene rings is 1. The molecule has 4 heterocycles. The average molecular weight is 376 g/mol. The normalized spacial score (nSPS) is 15.3. The SMILES string of the molecule is O=C(Nc1cscc1Cl)c1ccc2ccc(N3CCCNCC3)nn12. The van der Waals surface area contributed by atoms with Gasteiger partial charge in [-0.3, -0.25) is 4.79 Å². The Hall–Kier alpha value is -2.09. The molecule has 2 N–H and O–H groups in total. The van der Waals surface area contributed by atoms with Crippen molar-refractivity contribution in [2.75, 3.05) is 36.4 Å². The topological polar surface area (TPSA) is 61.7 Å². The van der Waals surface area contributed by atoms with Crippen molar-refractivity contribution in [2.45, 2.75) is 6.42 Å². The number of rotatable bonds is 3. The summed E-state index contributed by atoms with van der Waals surface area (Å²) in [6.07, 6.45) is 1.08. The monoisotopic (exact) mass is 375 g/mol. The molecule has 0 spiro atoms. The molecule has 0 aliphatic carbocycles. The molecule has 4 rings (SSSR count). The van der Waals surface area contributed by atoms with Gasteiger partial charge in [0.05, 0.1) is 16.2 Å². The molecule has 0 saturated carbocycles. The van der Waals surface area contributed by atoms with Crippen molar-refractivity contribution in [3.63, 3.8) is 0 Å². The largest absolute Gasteiger partial charge is 0.354 e. The number of anilines is 2. The maximum atomic E-state index is 12.6. The van der Waals surface area contributed by atoms with Crippen LogP contribution in [0.3, 0.4) is 0 Å². The van der Waals surface area contributed by atoms with Crippen LogP contribution in [0.4, 0.5) is 11.5 Å². The zero-order valence-corrected chi connectivity index (χ0v) is 15.1. The van der Waals surface area contributed by atoms with Crippen LogP contribution in [0, 0.1) is 0 Å². The summed E-state index contributed by atoms with van der Waals surface area (Å²) in [5, 5.41) is 15.1. The Bertz CT molecular complexity index is 897. The predicted octanol–water partition coefficient (Wildman–Crippen LogP) is 3.10. The first kappa shape index (κ1) is 16.4. The minimum Gasteiger partial charge on any atom is -0.354 e. The van der Waals surface area contributed by atoms with Crippen molar-refractivity contribution < 1.29 is 4.79 Å². The van der Waals surface area contributed by atoms with Crippen LogP contribution in [0.1, 0.15) is 16.9 Å². The lowest BCUT2D eigenvalue weighted by atomic mass is 10.3. The second-order valence-corrected chi connectivity index (χ2v) is 7.08. The maximum absolute atomic E-state index is 12.6. The lowest BCUT2D eigenvalue weighted by molar-refractivity contribution is 0.102. The molecule has 3 aromatic rings. The van der Waals surface area contributed by atoms with Crippen molar-refractivity contribution in [3.8, 4) is 0 Å². The zero-order valence-electron chi connectivity index (χ0n) is 13.5. The summed E-state index contributed by atoms with van der Waals surface area (Å²) < 4.78 is 1.70. The van der Waals surface area contributed by atoms with E-state index >= 15 is 0 Å². The fourth-order valence-electron chi connectivity index (χ4n) is 2.95. The van der Waals surface area contributed by atoms with Crippen molar-refractivity contribution in [3.05, 3.63) is 45.7 Å². The van der Waals surface area contributed by atoms with Gasteiger partial charge in [-0.05, 0) is 37.2 Å². The highest BCUT2D eigenvalue weighted by Crippen LogP contribution is 2.26. The van der Waals surface area contributed by atoms with Gasteiger partial charge in [0.25, 0.3) is 5.91 Å². The highest BCUT2D eigenvalue weighted by Gasteiger charge is 2.16. The molecule has 0 aromatic carbocycles. The maximum Gasteiger partial charge on any atom is 0.274 e. The number of hydrogen-bond donors (Lipinski definition) is 2. The van der Waals surface area contributed by atoms with Gasteiger partial charge in [0.15, 0.2) is 0 Å². The van der Waals surface area contributed by atoms with Gasteiger partial charge in [-0.2, -0.15) is 0 Å². The van der Waals surface area contributed by atoms with E-state index in [4.69, 9.17) is 16.7 Å². The Morgan fingerprint density at radius 1 is 1.20 bits per heavy atom. The molecule has 1 saturated heterocycles. The Morgan fingerprint density at radius 2 is 2.08 bits per heavy atom. The minimum absolute atomic E-state index is 0.220. The van der Waals surface area contributed by atoms with E-state index in [-0.39, 0.29) is 5.91 Å². The third-order valence-corrected chi connectivity index (χ3v) is 5.44. The molecule has 1 aliphatic heterocycles. The molecule has 0 bridgehead atoms. The fourth-order valence-corrected chi connectivity index (χ4v) is 3.91. The predicted molar refractivity (Wildman–Crippen MR) is 102 cm³/mol. The molecule has 1 amide bonds. The standard InChI is InChI=1S/C17H18ClN5OS/c18-13-10-25-11-14(13)20-17(24)15-4-2-12-3-5-16(21-23(12)15)22-8-1-6-19-7-9-22/h2-5,10-11,19H,1,6-9H2,(H,20,24). The van der Waals surface area contributed by atoms with Gasteiger partial charge in [-0.25, -0.2) is 4.52 Å². The Balaban J connectivity index is 1.64. The molecule has 8 heteroatoms. The molecule has 1 fully saturated rings. The van der Waals surface area contributed by atoms with Crippen LogP contribution in [-0.4, -0.2) is 41.7 Å². The second-order valence-electron chi connectivity index (χ2n) is 5.92. The molecule has 0 unspecified atom stereocenters. The molecular weight excluding hydrogens is 358 g/mol. The van der Waals surface area contributed by atoms with Gasteiger partial charge in [-0.1, -0.05) is 11.6 Å². The van der Waals surface area contributed by atoms with Crippen LogP contribution in [0.15, 0.2) is 35.0 Å². The molecule has 130 valence electrons. The lowest BCUT2D eigenvalue weighted by Gasteiger charge is -2.21. The third kappa shape index (κ3) is 3.35. The minimum atomic E-state index is -0.220. The Morgan fingerprint density at radius 3 is 2.92 bits per heavy atom. The van der Waals surface area contributed by atoms with Gasteiger partial charge < -0.3 is 15.5 Å². The summed E-state index contributed by atoms with van der Waals surface area (Å²) in [5.41, 5.74) is 2.01. The van der Waals surface area contributed by atoms with E-state index in [0.717, 1.165) is 43.9 Å². The summed E-state index contributed by atoms with van der Waals surface area (Å²) in [7, 11) is 0. The van der Waals surface area contributed by atoms with Gasteiger partial charge in [-0.15, -0.1) is 16.4 Å². The Kier molecular flexibility index (Phi) is 4.61. The van der Waals surface area contributed by atoms with E-state index in [1.165, 1.54) is 11.3 Å². The molecule has 3 aromatic heterocycles. The molecule has 0 radical (unpaired) electrons. The van der Waals surface area contributed by atoms with Crippen molar-refractivity contribution in [1.29, 1.82) is 0 Å². The van der Waals surface area contributed by atoms with E-state index in [1.807, 2.05) is 23.6 Å². The van der Waals surface area contributed by atoms with E-state index in [1.54, 1.807) is 16.0 Å². The third-order valence-electron chi connectivity index (χ3n) is 4.25. The quantitative estimate of drug-likeness (QED) is 0.738. The van der Waals surface area contributed by atoms with E-state index < -0.39 is 0 Å². The molecular formula is C17H18ClN5OS. The number of aromatic nitrogens is 2. The molecule has 6 nitrogen and oxygen atoms in total. The van der Waals surface area contributed by atoms with Crippen molar-refractivity contribution in [1.82, 2.24) is 14.9 Å². The van der Waals surface area contributed by atoms with E-state index in [9.17, 15) is 4.79 Å². The van der Waals surface area contributed by atoms with Crippen LogP contribution in [0.25, 0.3) is 5.52 Å². The van der Waals surface area contributed by atoms with Crippen LogP contribution < -0.4 is 15.5 Å². The van der Waals surface area contributed by atoms with Gasteiger partial charge in [0, 0.05) is 30.4 Å². The highest BCUT2D eigenvalue weighted by atomic mass is 35.5. The van der Waals surface area contributed by atoms with Crippen LogP contribution in [0.5, 0.6) is 0 Å². The number of hydrogen-bond acceptors (Lipinski definition) is 5. The summed E-state index contributed by atoms with van der Waals surface area (Å²) in [5.74, 6) is 0.664. The second kappa shape index (κ2) is 7.03. The number of halogens is 1. The highest BCUT2D eigenvalue weighted by molar-refractivity contribution is 7.09. The fraction of sp³-hybridized carbons (Fsp3) is 0.294. The van der Waals surface area contributed by atoms with Crippen LogP contribution in [-0.2, 0) is 0 Å². The van der Waals surface area contributed by atoms with Crippen LogP contribution >= 0.6 is 22.9 Å². The van der Waals surface area contributed by atoms with E-state index in [2.05, 4.69) is 15.5 Å².